The molecule has 1 heterocycles. The highest BCUT2D eigenvalue weighted by molar-refractivity contribution is 6.12. The maximum absolute atomic E-state index is 12.1. The van der Waals surface area contributed by atoms with Gasteiger partial charge in [0.05, 0.1) is 0 Å². The quantitative estimate of drug-likeness (QED) is 0.597. The Bertz CT molecular complexity index is 820. The van der Waals surface area contributed by atoms with Gasteiger partial charge in [-0.15, -0.1) is 0 Å². The molecular weight excluding hydrogens is 298 g/mol. The summed E-state index contributed by atoms with van der Waals surface area (Å²) in [5.41, 5.74) is 4.56. The standard InChI is InChI=1S/C21H21NO2/c1-14-5-7-15(8-6-14)13-18-20(23)24-19(22-18)16-9-11-17(12-10-16)21(2,3)4/h5-13H,1-4H3/b18-13+. The van der Waals surface area contributed by atoms with Crippen LogP contribution >= 0.6 is 0 Å². The van der Waals surface area contributed by atoms with Crippen LogP contribution in [0.15, 0.2) is 59.2 Å². The maximum atomic E-state index is 12.1. The third-order valence-electron chi connectivity index (χ3n) is 4.00. The minimum atomic E-state index is -0.412. The number of ether oxygens (including phenoxy) is 1. The number of carbonyl (C=O) groups excluding carboxylic acids is 1. The molecule has 2 aromatic carbocycles. The molecule has 0 spiro atoms. The lowest BCUT2D eigenvalue weighted by Gasteiger charge is -2.18. The molecule has 3 heteroatoms. The van der Waals surface area contributed by atoms with E-state index in [1.54, 1.807) is 6.08 Å². The smallest absolute Gasteiger partial charge is 0.363 e. The number of cyclic esters (lactones) is 1. The van der Waals surface area contributed by atoms with E-state index in [9.17, 15) is 4.79 Å². The van der Waals surface area contributed by atoms with Gasteiger partial charge in [0.15, 0.2) is 5.70 Å². The van der Waals surface area contributed by atoms with E-state index in [2.05, 4.69) is 25.8 Å². The normalized spacial score (nSPS) is 16.2. The Kier molecular flexibility index (Phi) is 4.10. The summed E-state index contributed by atoms with van der Waals surface area (Å²) in [6, 6.07) is 15.9. The van der Waals surface area contributed by atoms with Crippen molar-refractivity contribution in [2.24, 2.45) is 4.99 Å². The number of aliphatic imine (C=N–C) groups is 1. The Labute approximate surface area is 142 Å². The van der Waals surface area contributed by atoms with Crippen molar-refractivity contribution in [3.05, 3.63) is 76.5 Å². The zero-order chi connectivity index (χ0) is 17.3. The van der Waals surface area contributed by atoms with Crippen molar-refractivity contribution in [1.29, 1.82) is 0 Å². The minimum absolute atomic E-state index is 0.0865. The number of benzene rings is 2. The van der Waals surface area contributed by atoms with Crippen molar-refractivity contribution < 1.29 is 9.53 Å². The predicted molar refractivity (Wildman–Crippen MR) is 96.9 cm³/mol. The fourth-order valence-electron chi connectivity index (χ4n) is 2.47. The summed E-state index contributed by atoms with van der Waals surface area (Å²) in [5, 5.41) is 0. The lowest BCUT2D eigenvalue weighted by Crippen LogP contribution is -2.11. The molecule has 3 nitrogen and oxygen atoms in total. The van der Waals surface area contributed by atoms with Gasteiger partial charge in [-0.3, -0.25) is 0 Å². The van der Waals surface area contributed by atoms with Gasteiger partial charge in [-0.2, -0.15) is 0 Å². The Morgan fingerprint density at radius 1 is 0.958 bits per heavy atom. The molecular formula is C21H21NO2. The number of aryl methyl sites for hydroxylation is 1. The molecule has 0 radical (unpaired) electrons. The first-order valence-corrected chi connectivity index (χ1v) is 8.03. The molecule has 0 N–H and O–H groups in total. The van der Waals surface area contributed by atoms with Crippen LogP contribution in [-0.4, -0.2) is 11.9 Å². The molecule has 0 aromatic heterocycles. The predicted octanol–water partition coefficient (Wildman–Crippen LogP) is 4.64. The minimum Gasteiger partial charge on any atom is -0.402 e. The molecule has 1 aliphatic rings. The average Bonchev–Trinajstić information content (AvgIpc) is 2.90. The van der Waals surface area contributed by atoms with E-state index < -0.39 is 5.97 Å². The number of rotatable bonds is 2. The third-order valence-corrected chi connectivity index (χ3v) is 4.00. The molecule has 3 rings (SSSR count). The SMILES string of the molecule is Cc1ccc(/C=C2/N=C(c3ccc(C(C)(C)C)cc3)OC2=O)cc1. The summed E-state index contributed by atoms with van der Waals surface area (Å²) in [4.78, 5) is 16.4. The molecule has 0 fully saturated rings. The topological polar surface area (TPSA) is 38.7 Å². The number of carbonyl (C=O) groups is 1. The highest BCUT2D eigenvalue weighted by atomic mass is 16.6. The van der Waals surface area contributed by atoms with Crippen LogP contribution in [0.4, 0.5) is 0 Å². The second-order valence-corrected chi connectivity index (χ2v) is 7.07. The average molecular weight is 319 g/mol. The summed E-state index contributed by atoms with van der Waals surface area (Å²) < 4.78 is 5.32. The van der Waals surface area contributed by atoms with Gasteiger partial charge in [-0.05, 0) is 41.7 Å². The van der Waals surface area contributed by atoms with E-state index in [0.29, 0.717) is 11.6 Å². The van der Waals surface area contributed by atoms with E-state index in [-0.39, 0.29) is 5.41 Å². The van der Waals surface area contributed by atoms with Crippen molar-refractivity contribution in [1.82, 2.24) is 0 Å². The van der Waals surface area contributed by atoms with Crippen LogP contribution in [0.5, 0.6) is 0 Å². The lowest BCUT2D eigenvalue weighted by molar-refractivity contribution is -0.129. The molecule has 0 bridgehead atoms. The fraction of sp³-hybridized carbons (Fsp3) is 0.238. The van der Waals surface area contributed by atoms with Gasteiger partial charge < -0.3 is 4.74 Å². The largest absolute Gasteiger partial charge is 0.402 e. The monoisotopic (exact) mass is 319 g/mol. The molecule has 0 saturated carbocycles. The lowest BCUT2D eigenvalue weighted by atomic mass is 9.87. The molecule has 24 heavy (non-hydrogen) atoms. The van der Waals surface area contributed by atoms with Crippen molar-refractivity contribution in [2.45, 2.75) is 33.1 Å². The number of esters is 1. The Balaban J connectivity index is 1.87. The second kappa shape index (κ2) is 6.08. The van der Waals surface area contributed by atoms with Gasteiger partial charge in [-0.25, -0.2) is 9.79 Å². The van der Waals surface area contributed by atoms with Crippen LogP contribution in [-0.2, 0) is 14.9 Å². The first kappa shape index (κ1) is 16.2. The van der Waals surface area contributed by atoms with Crippen LogP contribution in [0.1, 0.15) is 43.0 Å². The third kappa shape index (κ3) is 3.46. The van der Waals surface area contributed by atoms with Crippen molar-refractivity contribution >= 4 is 17.9 Å². The van der Waals surface area contributed by atoms with E-state index in [1.165, 1.54) is 11.1 Å². The maximum Gasteiger partial charge on any atom is 0.363 e. The first-order valence-electron chi connectivity index (χ1n) is 8.03. The number of nitrogens with zero attached hydrogens (tertiary/aromatic N) is 1. The van der Waals surface area contributed by atoms with Crippen molar-refractivity contribution in [3.8, 4) is 0 Å². The first-order chi connectivity index (χ1) is 11.3. The summed E-state index contributed by atoms with van der Waals surface area (Å²) in [7, 11) is 0. The van der Waals surface area contributed by atoms with E-state index in [1.807, 2.05) is 55.5 Å². The van der Waals surface area contributed by atoms with Crippen molar-refractivity contribution in [2.75, 3.05) is 0 Å². The van der Waals surface area contributed by atoms with E-state index in [0.717, 1.165) is 11.1 Å². The van der Waals surface area contributed by atoms with Gasteiger partial charge in [-0.1, -0.05) is 62.7 Å². The van der Waals surface area contributed by atoms with Crippen LogP contribution in [0.3, 0.4) is 0 Å². The summed E-state index contributed by atoms with van der Waals surface area (Å²) >= 11 is 0. The summed E-state index contributed by atoms with van der Waals surface area (Å²) in [5.74, 6) is -0.0516. The molecule has 0 amide bonds. The van der Waals surface area contributed by atoms with Crippen LogP contribution in [0.2, 0.25) is 0 Å². The molecule has 0 atom stereocenters. The number of hydrogen-bond acceptors (Lipinski definition) is 3. The van der Waals surface area contributed by atoms with Gasteiger partial charge >= 0.3 is 5.97 Å². The van der Waals surface area contributed by atoms with Crippen LogP contribution in [0.25, 0.3) is 6.08 Å². The zero-order valence-corrected chi connectivity index (χ0v) is 14.5. The zero-order valence-electron chi connectivity index (χ0n) is 14.5. The van der Waals surface area contributed by atoms with Gasteiger partial charge in [0.25, 0.3) is 0 Å². The highest BCUT2D eigenvalue weighted by Gasteiger charge is 2.24. The van der Waals surface area contributed by atoms with Gasteiger partial charge in [0, 0.05) is 5.56 Å². The summed E-state index contributed by atoms with van der Waals surface area (Å²) in [6.45, 7) is 8.52. The van der Waals surface area contributed by atoms with Gasteiger partial charge in [0.2, 0.25) is 5.90 Å². The molecule has 0 unspecified atom stereocenters. The molecule has 0 saturated heterocycles. The second-order valence-electron chi connectivity index (χ2n) is 7.07. The molecule has 0 aliphatic carbocycles. The van der Waals surface area contributed by atoms with E-state index in [4.69, 9.17) is 4.74 Å². The number of hydrogen-bond donors (Lipinski definition) is 0. The van der Waals surface area contributed by atoms with Crippen molar-refractivity contribution in [3.63, 3.8) is 0 Å². The molecule has 122 valence electrons. The van der Waals surface area contributed by atoms with Crippen LogP contribution in [0, 0.1) is 6.92 Å². The van der Waals surface area contributed by atoms with E-state index >= 15 is 0 Å². The highest BCUT2D eigenvalue weighted by Crippen LogP contribution is 2.24. The molecule has 1 aliphatic heterocycles. The Morgan fingerprint density at radius 3 is 2.17 bits per heavy atom. The Morgan fingerprint density at radius 2 is 1.58 bits per heavy atom. The van der Waals surface area contributed by atoms with Crippen LogP contribution < -0.4 is 0 Å². The van der Waals surface area contributed by atoms with Gasteiger partial charge in [0.1, 0.15) is 0 Å². The Hall–Kier alpha value is -2.68. The molecule has 2 aromatic rings. The summed E-state index contributed by atoms with van der Waals surface area (Å²) in [6.07, 6.45) is 1.75. The fourth-order valence-corrected chi connectivity index (χ4v) is 2.47.